The summed E-state index contributed by atoms with van der Waals surface area (Å²) in [6, 6.07) is 5.78. The number of carbonyl (C=O) groups excluding carboxylic acids is 1. The highest BCUT2D eigenvalue weighted by molar-refractivity contribution is 5.72. The smallest absolute Gasteiger partial charge is 0.216 e. The van der Waals surface area contributed by atoms with Crippen molar-refractivity contribution in [1.29, 1.82) is 0 Å². The number of methoxy groups -OCH3 is 1. The SMILES string of the molecule is COc1ccc(C(C)(C)C)cc1C(O)CNC(C)=O. The lowest BCUT2D eigenvalue weighted by Crippen LogP contribution is -2.26. The van der Waals surface area contributed by atoms with Crippen LogP contribution < -0.4 is 10.1 Å². The van der Waals surface area contributed by atoms with Crippen LogP contribution >= 0.6 is 0 Å². The second kappa shape index (κ2) is 6.06. The van der Waals surface area contributed by atoms with Crippen molar-refractivity contribution < 1.29 is 14.6 Å². The molecule has 0 heterocycles. The summed E-state index contributed by atoms with van der Waals surface area (Å²) in [6.45, 7) is 7.94. The number of rotatable bonds is 4. The van der Waals surface area contributed by atoms with Gasteiger partial charge in [-0.15, -0.1) is 0 Å². The standard InChI is InChI=1S/C15H23NO3/c1-10(17)16-9-13(18)12-8-11(15(2,3)4)6-7-14(12)19-5/h6-8,13,18H,9H2,1-5H3,(H,16,17). The van der Waals surface area contributed by atoms with Crippen molar-refractivity contribution in [2.75, 3.05) is 13.7 Å². The summed E-state index contributed by atoms with van der Waals surface area (Å²) in [6.07, 6.45) is -0.777. The van der Waals surface area contributed by atoms with Gasteiger partial charge in [-0.3, -0.25) is 4.79 Å². The predicted octanol–water partition coefficient (Wildman–Crippen LogP) is 2.16. The summed E-state index contributed by atoms with van der Waals surface area (Å²) < 4.78 is 5.27. The summed E-state index contributed by atoms with van der Waals surface area (Å²) in [4.78, 5) is 10.9. The Morgan fingerprint density at radius 3 is 2.53 bits per heavy atom. The molecule has 4 heteroatoms. The maximum absolute atomic E-state index is 10.9. The van der Waals surface area contributed by atoms with Crippen molar-refractivity contribution in [2.24, 2.45) is 0 Å². The van der Waals surface area contributed by atoms with E-state index in [1.54, 1.807) is 7.11 Å². The summed E-state index contributed by atoms with van der Waals surface area (Å²) in [5.41, 5.74) is 1.81. The molecule has 2 N–H and O–H groups in total. The number of carbonyl (C=O) groups is 1. The lowest BCUT2D eigenvalue weighted by molar-refractivity contribution is -0.119. The molecule has 1 aromatic carbocycles. The number of hydrogen-bond acceptors (Lipinski definition) is 3. The first-order valence-electron chi connectivity index (χ1n) is 6.36. The van der Waals surface area contributed by atoms with E-state index >= 15 is 0 Å². The van der Waals surface area contributed by atoms with E-state index < -0.39 is 6.10 Å². The summed E-state index contributed by atoms with van der Waals surface area (Å²) in [5, 5.41) is 12.8. The third-order valence-electron chi connectivity index (χ3n) is 3.00. The summed E-state index contributed by atoms with van der Waals surface area (Å²) >= 11 is 0. The average molecular weight is 265 g/mol. The van der Waals surface area contributed by atoms with E-state index in [0.717, 1.165) is 5.56 Å². The molecule has 19 heavy (non-hydrogen) atoms. The zero-order chi connectivity index (χ0) is 14.6. The van der Waals surface area contributed by atoms with Crippen LogP contribution in [0.4, 0.5) is 0 Å². The molecule has 0 bridgehead atoms. The van der Waals surface area contributed by atoms with Crippen LogP contribution in [0, 0.1) is 0 Å². The number of hydrogen-bond donors (Lipinski definition) is 2. The van der Waals surface area contributed by atoms with Crippen molar-refractivity contribution >= 4 is 5.91 Å². The molecule has 0 aromatic heterocycles. The van der Waals surface area contributed by atoms with Gasteiger partial charge in [-0.2, -0.15) is 0 Å². The van der Waals surface area contributed by atoms with Crippen molar-refractivity contribution in [3.05, 3.63) is 29.3 Å². The van der Waals surface area contributed by atoms with E-state index in [9.17, 15) is 9.90 Å². The Kier molecular flexibility index (Phi) is 4.95. The fraction of sp³-hybridized carbons (Fsp3) is 0.533. The van der Waals surface area contributed by atoms with E-state index in [1.165, 1.54) is 6.92 Å². The van der Waals surface area contributed by atoms with Gasteiger partial charge in [0.15, 0.2) is 0 Å². The fourth-order valence-electron chi connectivity index (χ4n) is 1.81. The molecule has 1 unspecified atom stereocenters. The van der Waals surface area contributed by atoms with Crippen molar-refractivity contribution in [2.45, 2.75) is 39.2 Å². The number of aliphatic hydroxyl groups excluding tert-OH is 1. The molecule has 1 aromatic rings. The van der Waals surface area contributed by atoms with Gasteiger partial charge < -0.3 is 15.2 Å². The van der Waals surface area contributed by atoms with Gasteiger partial charge >= 0.3 is 0 Å². The van der Waals surface area contributed by atoms with E-state index in [0.29, 0.717) is 11.3 Å². The molecule has 106 valence electrons. The Morgan fingerprint density at radius 1 is 1.42 bits per heavy atom. The first-order chi connectivity index (χ1) is 8.75. The molecule has 1 amide bonds. The highest BCUT2D eigenvalue weighted by Crippen LogP contribution is 2.31. The molecule has 0 spiro atoms. The Balaban J connectivity index is 3.05. The van der Waals surface area contributed by atoms with E-state index in [-0.39, 0.29) is 17.9 Å². The molecule has 0 aliphatic rings. The van der Waals surface area contributed by atoms with Gasteiger partial charge in [0.2, 0.25) is 5.91 Å². The maximum atomic E-state index is 10.9. The zero-order valence-electron chi connectivity index (χ0n) is 12.3. The molecule has 0 aliphatic carbocycles. The van der Waals surface area contributed by atoms with Gasteiger partial charge in [0.05, 0.1) is 13.2 Å². The van der Waals surface area contributed by atoms with E-state index in [4.69, 9.17) is 4.74 Å². The highest BCUT2D eigenvalue weighted by atomic mass is 16.5. The van der Waals surface area contributed by atoms with Gasteiger partial charge in [0, 0.05) is 19.0 Å². The minimum absolute atomic E-state index is 0.00521. The normalized spacial score (nSPS) is 12.9. The Labute approximate surface area is 114 Å². The van der Waals surface area contributed by atoms with Crippen LogP contribution in [0.2, 0.25) is 0 Å². The quantitative estimate of drug-likeness (QED) is 0.877. The van der Waals surface area contributed by atoms with Crippen LogP contribution in [-0.2, 0) is 10.2 Å². The van der Waals surface area contributed by atoms with E-state index in [1.807, 2.05) is 18.2 Å². The highest BCUT2D eigenvalue weighted by Gasteiger charge is 2.19. The largest absolute Gasteiger partial charge is 0.496 e. The Morgan fingerprint density at radius 2 is 2.05 bits per heavy atom. The molecule has 0 fully saturated rings. The second-order valence-corrected chi connectivity index (χ2v) is 5.66. The fourth-order valence-corrected chi connectivity index (χ4v) is 1.81. The first kappa shape index (κ1) is 15.5. The van der Waals surface area contributed by atoms with Gasteiger partial charge in [-0.1, -0.05) is 26.8 Å². The summed E-state index contributed by atoms with van der Waals surface area (Å²) in [7, 11) is 1.57. The number of ether oxygens (including phenoxy) is 1. The molecular formula is C15H23NO3. The van der Waals surface area contributed by atoms with Crippen LogP contribution in [0.5, 0.6) is 5.75 Å². The molecule has 0 saturated heterocycles. The van der Waals surface area contributed by atoms with Crippen LogP contribution in [0.25, 0.3) is 0 Å². The topological polar surface area (TPSA) is 58.6 Å². The molecule has 0 aliphatic heterocycles. The zero-order valence-corrected chi connectivity index (χ0v) is 12.3. The molecule has 4 nitrogen and oxygen atoms in total. The van der Waals surface area contributed by atoms with Crippen molar-refractivity contribution in [1.82, 2.24) is 5.32 Å². The third-order valence-corrected chi connectivity index (χ3v) is 3.00. The van der Waals surface area contributed by atoms with Crippen LogP contribution in [0.1, 0.15) is 44.9 Å². The van der Waals surface area contributed by atoms with Crippen LogP contribution in [-0.4, -0.2) is 24.7 Å². The lowest BCUT2D eigenvalue weighted by Gasteiger charge is -2.23. The van der Waals surface area contributed by atoms with Gasteiger partial charge in [0.25, 0.3) is 0 Å². The second-order valence-electron chi connectivity index (χ2n) is 5.66. The molecule has 1 rings (SSSR count). The van der Waals surface area contributed by atoms with Crippen LogP contribution in [0.3, 0.4) is 0 Å². The van der Waals surface area contributed by atoms with Crippen LogP contribution in [0.15, 0.2) is 18.2 Å². The lowest BCUT2D eigenvalue weighted by atomic mass is 9.85. The van der Waals surface area contributed by atoms with Gasteiger partial charge in [0.1, 0.15) is 5.75 Å². The molecule has 0 saturated carbocycles. The molecule has 0 radical (unpaired) electrons. The van der Waals surface area contributed by atoms with Gasteiger partial charge in [-0.25, -0.2) is 0 Å². The van der Waals surface area contributed by atoms with Crippen molar-refractivity contribution in [3.63, 3.8) is 0 Å². The number of aliphatic hydroxyl groups is 1. The number of benzene rings is 1. The summed E-state index contributed by atoms with van der Waals surface area (Å²) in [5.74, 6) is 0.468. The minimum atomic E-state index is -0.777. The first-order valence-corrected chi connectivity index (χ1v) is 6.36. The molecular weight excluding hydrogens is 242 g/mol. The Hall–Kier alpha value is -1.55. The molecule has 1 atom stereocenters. The van der Waals surface area contributed by atoms with Crippen molar-refractivity contribution in [3.8, 4) is 5.75 Å². The minimum Gasteiger partial charge on any atom is -0.496 e. The van der Waals surface area contributed by atoms with E-state index in [2.05, 4.69) is 26.1 Å². The Bertz CT molecular complexity index is 449. The number of amides is 1. The maximum Gasteiger partial charge on any atom is 0.216 e. The monoisotopic (exact) mass is 265 g/mol. The third kappa shape index (κ3) is 4.24. The average Bonchev–Trinajstić information content (AvgIpc) is 2.33. The number of nitrogens with one attached hydrogen (secondary N) is 1. The van der Waals surface area contributed by atoms with Gasteiger partial charge in [-0.05, 0) is 23.1 Å². The predicted molar refractivity (Wildman–Crippen MR) is 75.3 cm³/mol.